The van der Waals surface area contributed by atoms with E-state index in [0.717, 1.165) is 51.2 Å². The number of H-pyrrole nitrogens is 1. The van der Waals surface area contributed by atoms with Crippen LogP contribution in [0.4, 0.5) is 0 Å². The fraction of sp³-hybridized carbons (Fsp3) is 0.789. The highest BCUT2D eigenvalue weighted by atomic mass is 16.2. The summed E-state index contributed by atoms with van der Waals surface area (Å²) in [6.07, 6.45) is 7.05. The molecule has 5 nitrogen and oxygen atoms in total. The first-order valence-electron chi connectivity index (χ1n) is 9.73. The van der Waals surface area contributed by atoms with E-state index < -0.39 is 0 Å². The molecule has 3 aliphatic rings. The van der Waals surface area contributed by atoms with Crippen LogP contribution in [0.5, 0.6) is 0 Å². The van der Waals surface area contributed by atoms with Gasteiger partial charge in [-0.1, -0.05) is 13.8 Å². The van der Waals surface area contributed by atoms with Gasteiger partial charge in [0.2, 0.25) is 0 Å². The number of fused-ring (bicyclic) bond motifs is 1. The molecule has 1 aromatic rings. The zero-order chi connectivity index (χ0) is 16.7. The molecule has 4 rings (SSSR count). The van der Waals surface area contributed by atoms with Crippen molar-refractivity contribution in [3.8, 4) is 0 Å². The maximum absolute atomic E-state index is 13.1. The Kier molecular flexibility index (Phi) is 4.37. The Labute approximate surface area is 144 Å². The molecule has 1 saturated heterocycles. The van der Waals surface area contributed by atoms with E-state index in [4.69, 9.17) is 0 Å². The number of aromatic nitrogens is 2. The van der Waals surface area contributed by atoms with Gasteiger partial charge in [-0.05, 0) is 50.4 Å². The average molecular weight is 330 g/mol. The zero-order valence-electron chi connectivity index (χ0n) is 15.1. The Balaban J connectivity index is 1.51. The molecule has 1 N–H and O–H groups in total. The molecule has 0 unspecified atom stereocenters. The van der Waals surface area contributed by atoms with Gasteiger partial charge in [-0.3, -0.25) is 14.8 Å². The van der Waals surface area contributed by atoms with E-state index in [0.29, 0.717) is 17.7 Å². The summed E-state index contributed by atoms with van der Waals surface area (Å²) >= 11 is 0. The van der Waals surface area contributed by atoms with E-state index in [-0.39, 0.29) is 5.91 Å². The van der Waals surface area contributed by atoms with Crippen molar-refractivity contribution < 1.29 is 4.79 Å². The van der Waals surface area contributed by atoms with Crippen molar-refractivity contribution in [1.29, 1.82) is 0 Å². The molecule has 2 heterocycles. The number of nitrogens with one attached hydrogen (secondary N) is 1. The van der Waals surface area contributed by atoms with E-state index in [1.54, 1.807) is 0 Å². The number of amides is 1. The van der Waals surface area contributed by atoms with Gasteiger partial charge in [0, 0.05) is 43.5 Å². The molecule has 2 fully saturated rings. The lowest BCUT2D eigenvalue weighted by Crippen LogP contribution is -2.46. The highest BCUT2D eigenvalue weighted by Gasteiger charge is 2.35. The van der Waals surface area contributed by atoms with Crippen LogP contribution in [0.2, 0.25) is 0 Å². The number of aryl methyl sites for hydroxylation is 1. The third-order valence-corrected chi connectivity index (χ3v) is 6.01. The lowest BCUT2D eigenvalue weighted by Gasteiger charge is -2.34. The molecule has 5 heteroatoms. The molecule has 1 aliphatic heterocycles. The van der Waals surface area contributed by atoms with E-state index in [1.807, 2.05) is 0 Å². The summed E-state index contributed by atoms with van der Waals surface area (Å²) in [7, 11) is 0. The van der Waals surface area contributed by atoms with E-state index in [1.165, 1.54) is 30.6 Å². The number of rotatable bonds is 4. The van der Waals surface area contributed by atoms with Crippen LogP contribution in [-0.2, 0) is 12.8 Å². The van der Waals surface area contributed by atoms with E-state index in [2.05, 4.69) is 33.8 Å². The number of hydrogen-bond donors (Lipinski definition) is 1. The van der Waals surface area contributed by atoms with Gasteiger partial charge in [-0.25, -0.2) is 0 Å². The molecule has 1 saturated carbocycles. The van der Waals surface area contributed by atoms with Gasteiger partial charge in [0.1, 0.15) is 0 Å². The minimum absolute atomic E-state index is 0.147. The van der Waals surface area contributed by atoms with Crippen LogP contribution in [0.3, 0.4) is 0 Å². The van der Waals surface area contributed by atoms with Gasteiger partial charge in [-0.15, -0.1) is 0 Å². The number of aromatic amines is 1. The second-order valence-electron chi connectivity index (χ2n) is 8.24. The third kappa shape index (κ3) is 3.10. The van der Waals surface area contributed by atoms with Gasteiger partial charge in [0.15, 0.2) is 5.69 Å². The van der Waals surface area contributed by atoms with Crippen molar-refractivity contribution in [2.75, 3.05) is 26.2 Å². The normalized spacial score (nSPS) is 25.1. The van der Waals surface area contributed by atoms with Crippen LogP contribution in [0, 0.1) is 11.8 Å². The lowest BCUT2D eigenvalue weighted by atomic mass is 10.0. The summed E-state index contributed by atoms with van der Waals surface area (Å²) in [5.41, 5.74) is 3.06. The molecule has 1 amide bonds. The highest BCUT2D eigenvalue weighted by Crippen LogP contribution is 2.32. The molecule has 0 aromatic carbocycles. The van der Waals surface area contributed by atoms with Gasteiger partial charge in [-0.2, -0.15) is 5.10 Å². The van der Waals surface area contributed by atoms with Crippen LogP contribution < -0.4 is 0 Å². The molecular weight excluding hydrogens is 300 g/mol. The lowest BCUT2D eigenvalue weighted by molar-refractivity contribution is 0.0697. The Bertz CT molecular complexity index is 605. The molecular formula is C19H30N4O. The second-order valence-corrected chi connectivity index (χ2v) is 8.24. The molecule has 132 valence electrons. The predicted octanol–water partition coefficient (Wildman–Crippen LogP) is 2.48. The first kappa shape index (κ1) is 16.1. The molecule has 0 spiro atoms. The van der Waals surface area contributed by atoms with Crippen molar-refractivity contribution >= 4 is 5.91 Å². The predicted molar refractivity (Wildman–Crippen MR) is 94.1 cm³/mol. The smallest absolute Gasteiger partial charge is 0.274 e. The Morgan fingerprint density at radius 2 is 2.08 bits per heavy atom. The number of carbonyl (C=O) groups is 1. The molecule has 1 atom stereocenters. The van der Waals surface area contributed by atoms with Crippen molar-refractivity contribution in [2.24, 2.45) is 11.8 Å². The van der Waals surface area contributed by atoms with Crippen molar-refractivity contribution in [3.05, 3.63) is 17.0 Å². The monoisotopic (exact) mass is 330 g/mol. The molecule has 1 aromatic heterocycles. The second kappa shape index (κ2) is 6.51. The molecule has 0 bridgehead atoms. The highest BCUT2D eigenvalue weighted by molar-refractivity contribution is 5.94. The van der Waals surface area contributed by atoms with E-state index >= 15 is 0 Å². The summed E-state index contributed by atoms with van der Waals surface area (Å²) in [5, 5.41) is 7.45. The van der Waals surface area contributed by atoms with Gasteiger partial charge in [0.05, 0.1) is 0 Å². The summed E-state index contributed by atoms with van der Waals surface area (Å²) in [6.45, 7) is 8.66. The minimum Gasteiger partial charge on any atom is -0.336 e. The molecule has 0 radical (unpaired) electrons. The third-order valence-electron chi connectivity index (χ3n) is 6.01. The summed E-state index contributed by atoms with van der Waals surface area (Å²) < 4.78 is 0. The minimum atomic E-state index is 0.147. The number of hydrogen-bond acceptors (Lipinski definition) is 3. The summed E-state index contributed by atoms with van der Waals surface area (Å²) in [6, 6.07) is 0.476. The SMILES string of the molecule is CC(C)[C@@H]1CN(C(=O)c2n[nH]c3c2CCC3)CCCN1CC1CC1. The number of carbonyl (C=O) groups excluding carboxylic acids is 1. The largest absolute Gasteiger partial charge is 0.336 e. The first-order chi connectivity index (χ1) is 11.6. The Morgan fingerprint density at radius 1 is 1.25 bits per heavy atom. The van der Waals surface area contributed by atoms with Crippen LogP contribution in [-0.4, -0.2) is 58.1 Å². The average Bonchev–Trinajstić information content (AvgIpc) is 3.16. The van der Waals surface area contributed by atoms with Crippen LogP contribution in [0.15, 0.2) is 0 Å². The van der Waals surface area contributed by atoms with Crippen molar-refractivity contribution in [2.45, 2.75) is 58.4 Å². The van der Waals surface area contributed by atoms with Crippen LogP contribution in [0.25, 0.3) is 0 Å². The summed E-state index contributed by atoms with van der Waals surface area (Å²) in [5.74, 6) is 1.62. The Morgan fingerprint density at radius 3 is 2.83 bits per heavy atom. The molecule has 24 heavy (non-hydrogen) atoms. The van der Waals surface area contributed by atoms with E-state index in [9.17, 15) is 4.79 Å². The van der Waals surface area contributed by atoms with Crippen molar-refractivity contribution in [3.63, 3.8) is 0 Å². The number of nitrogens with zero attached hydrogens (tertiary/aromatic N) is 3. The van der Waals surface area contributed by atoms with Crippen LogP contribution in [0.1, 0.15) is 61.3 Å². The fourth-order valence-electron chi connectivity index (χ4n) is 4.38. The zero-order valence-corrected chi connectivity index (χ0v) is 15.1. The fourth-order valence-corrected chi connectivity index (χ4v) is 4.38. The maximum atomic E-state index is 13.1. The topological polar surface area (TPSA) is 52.2 Å². The van der Waals surface area contributed by atoms with Crippen LogP contribution >= 0.6 is 0 Å². The van der Waals surface area contributed by atoms with Gasteiger partial charge in [0.25, 0.3) is 5.91 Å². The van der Waals surface area contributed by atoms with Crippen molar-refractivity contribution in [1.82, 2.24) is 20.0 Å². The standard InChI is InChI=1S/C19H30N4O/c1-13(2)17-12-23(10-4-9-22(17)11-14-7-8-14)19(24)18-15-5-3-6-16(15)20-21-18/h13-14,17H,3-12H2,1-2H3,(H,20,21)/t17-/m0/s1. The van der Waals surface area contributed by atoms with Gasteiger partial charge >= 0.3 is 0 Å². The Hall–Kier alpha value is -1.36. The molecule has 2 aliphatic carbocycles. The quantitative estimate of drug-likeness (QED) is 0.923. The summed E-state index contributed by atoms with van der Waals surface area (Å²) in [4.78, 5) is 17.8. The maximum Gasteiger partial charge on any atom is 0.274 e. The first-order valence-corrected chi connectivity index (χ1v) is 9.73. The van der Waals surface area contributed by atoms with Gasteiger partial charge < -0.3 is 4.90 Å².